The lowest BCUT2D eigenvalue weighted by Gasteiger charge is -2.11. The minimum Gasteiger partial charge on any atom is -0.439 e. The third-order valence-electron chi connectivity index (χ3n) is 4.41. The average Bonchev–Trinajstić information content (AvgIpc) is 3.04. The van der Waals surface area contributed by atoms with Crippen molar-refractivity contribution < 1.29 is 4.74 Å². The molecule has 3 aromatic heterocycles. The number of hydrogen-bond donors (Lipinski definition) is 1. The smallest absolute Gasteiger partial charge is 0.332 e. The van der Waals surface area contributed by atoms with Crippen LogP contribution in [0.4, 0.5) is 0 Å². The number of hydrogen-bond acceptors (Lipinski definition) is 5. The molecule has 1 aromatic carbocycles. The van der Waals surface area contributed by atoms with E-state index < -0.39 is 0 Å². The molecule has 1 N–H and O–H groups in total. The van der Waals surface area contributed by atoms with E-state index in [-0.39, 0.29) is 11.6 Å². The highest BCUT2D eigenvalue weighted by Crippen LogP contribution is 2.27. The fourth-order valence-electron chi connectivity index (χ4n) is 3.05. The van der Waals surface area contributed by atoms with E-state index in [0.29, 0.717) is 34.0 Å². The number of H-pyrrole nitrogens is 1. The molecule has 0 unspecified atom stereocenters. The van der Waals surface area contributed by atoms with Gasteiger partial charge in [0.2, 0.25) is 5.88 Å². The molecule has 3 heterocycles. The summed E-state index contributed by atoms with van der Waals surface area (Å²) in [6, 6.07) is 14.5. The summed E-state index contributed by atoms with van der Waals surface area (Å²) in [5.41, 5.74) is 3.07. The van der Waals surface area contributed by atoms with Crippen molar-refractivity contribution in [3.8, 4) is 23.4 Å². The van der Waals surface area contributed by atoms with Crippen LogP contribution in [-0.4, -0.2) is 19.5 Å². The van der Waals surface area contributed by atoms with Gasteiger partial charge in [-0.3, -0.25) is 0 Å². The molecule has 0 spiro atoms. The maximum absolute atomic E-state index is 12.3. The summed E-state index contributed by atoms with van der Waals surface area (Å²) in [6.07, 6.45) is 3.19. The molecule has 0 atom stereocenters. The number of nitrogens with one attached hydrogen (secondary N) is 1. The highest BCUT2D eigenvalue weighted by Gasteiger charge is 2.11. The van der Waals surface area contributed by atoms with Crippen molar-refractivity contribution in [2.45, 2.75) is 19.8 Å². The maximum atomic E-state index is 12.3. The predicted molar refractivity (Wildman–Crippen MR) is 105 cm³/mol. The molecule has 4 rings (SSSR count). The number of aromatic amines is 1. The van der Waals surface area contributed by atoms with Gasteiger partial charge in [0.15, 0.2) is 5.65 Å². The SMILES string of the molecule is CC(C)c1cc(Oc2ccc(-n3c(=O)[nH]c4cccnc43)cn2)ccc1C#N. The molecule has 0 saturated carbocycles. The van der Waals surface area contributed by atoms with Crippen LogP contribution in [0.3, 0.4) is 0 Å². The topological polar surface area (TPSA) is 96.6 Å². The van der Waals surface area contributed by atoms with Crippen molar-refractivity contribution in [3.63, 3.8) is 0 Å². The molecule has 138 valence electrons. The van der Waals surface area contributed by atoms with Gasteiger partial charge in [-0.05, 0) is 47.9 Å². The lowest BCUT2D eigenvalue weighted by molar-refractivity contribution is 0.461. The summed E-state index contributed by atoms with van der Waals surface area (Å²) in [4.78, 5) is 23.6. The van der Waals surface area contributed by atoms with E-state index in [4.69, 9.17) is 4.74 Å². The first-order chi connectivity index (χ1) is 13.6. The van der Waals surface area contributed by atoms with E-state index in [1.807, 2.05) is 19.9 Å². The summed E-state index contributed by atoms with van der Waals surface area (Å²) in [6.45, 7) is 4.06. The van der Waals surface area contributed by atoms with E-state index in [1.165, 1.54) is 4.57 Å². The number of pyridine rings is 2. The Labute approximate surface area is 160 Å². The third-order valence-corrected chi connectivity index (χ3v) is 4.41. The molecule has 28 heavy (non-hydrogen) atoms. The minimum absolute atomic E-state index is 0.204. The Morgan fingerprint density at radius 2 is 2.04 bits per heavy atom. The standard InChI is InChI=1S/C21H17N5O2/c1-13(2)17-10-16(7-5-14(17)11-22)28-19-8-6-15(12-24-19)26-20-18(25-21(26)27)4-3-9-23-20/h3-10,12-13H,1-2H3,(H,25,27). The van der Waals surface area contributed by atoms with E-state index >= 15 is 0 Å². The van der Waals surface area contributed by atoms with Crippen molar-refractivity contribution in [1.29, 1.82) is 5.26 Å². The molecule has 7 heteroatoms. The number of rotatable bonds is 4. The number of aromatic nitrogens is 4. The zero-order valence-electron chi connectivity index (χ0n) is 15.4. The molecule has 4 aromatic rings. The quantitative estimate of drug-likeness (QED) is 0.587. The molecular formula is C21H17N5O2. The summed E-state index contributed by atoms with van der Waals surface area (Å²) in [5.74, 6) is 1.20. The Morgan fingerprint density at radius 1 is 1.18 bits per heavy atom. The third kappa shape index (κ3) is 3.12. The number of benzene rings is 1. The fraction of sp³-hybridized carbons (Fsp3) is 0.143. The van der Waals surface area contributed by atoms with Gasteiger partial charge in [-0.2, -0.15) is 5.26 Å². The maximum Gasteiger partial charge on any atom is 0.332 e. The molecule has 0 bridgehead atoms. The van der Waals surface area contributed by atoms with Crippen LogP contribution in [0.2, 0.25) is 0 Å². The van der Waals surface area contributed by atoms with Crippen molar-refractivity contribution >= 4 is 11.2 Å². The number of imidazole rings is 1. The summed E-state index contributed by atoms with van der Waals surface area (Å²) >= 11 is 0. The van der Waals surface area contributed by atoms with E-state index in [2.05, 4.69) is 21.0 Å². The zero-order chi connectivity index (χ0) is 19.7. The molecule has 0 amide bonds. The molecule has 0 aliphatic carbocycles. The van der Waals surface area contributed by atoms with Crippen molar-refractivity contribution in [2.24, 2.45) is 0 Å². The van der Waals surface area contributed by atoms with Crippen molar-refractivity contribution in [2.75, 3.05) is 0 Å². The second-order valence-corrected chi connectivity index (χ2v) is 6.61. The van der Waals surface area contributed by atoms with Crippen LogP contribution < -0.4 is 10.4 Å². The van der Waals surface area contributed by atoms with E-state index in [0.717, 1.165) is 5.56 Å². The van der Waals surface area contributed by atoms with E-state index in [9.17, 15) is 10.1 Å². The van der Waals surface area contributed by atoms with Crippen LogP contribution >= 0.6 is 0 Å². The lowest BCUT2D eigenvalue weighted by atomic mass is 9.98. The Bertz CT molecular complexity index is 1250. The molecule has 0 aliphatic rings. The van der Waals surface area contributed by atoms with Gasteiger partial charge in [0.25, 0.3) is 0 Å². The first-order valence-electron chi connectivity index (χ1n) is 8.81. The summed E-state index contributed by atoms with van der Waals surface area (Å²) < 4.78 is 7.29. The summed E-state index contributed by atoms with van der Waals surface area (Å²) in [7, 11) is 0. The van der Waals surface area contributed by atoms with Gasteiger partial charge < -0.3 is 9.72 Å². The number of ether oxygens (including phenoxy) is 1. The van der Waals surface area contributed by atoms with Crippen LogP contribution in [0.1, 0.15) is 30.9 Å². The van der Waals surface area contributed by atoms with Gasteiger partial charge in [0, 0.05) is 12.3 Å². The molecular weight excluding hydrogens is 354 g/mol. The van der Waals surface area contributed by atoms with E-state index in [1.54, 1.807) is 48.8 Å². The average molecular weight is 371 g/mol. The normalized spacial score (nSPS) is 10.9. The highest BCUT2D eigenvalue weighted by molar-refractivity contribution is 5.72. The Morgan fingerprint density at radius 3 is 2.75 bits per heavy atom. The van der Waals surface area contributed by atoms with Gasteiger partial charge in [-0.1, -0.05) is 13.8 Å². The Balaban J connectivity index is 1.64. The Kier molecular flexibility index (Phi) is 4.38. The second kappa shape index (κ2) is 7.00. The van der Waals surface area contributed by atoms with Crippen molar-refractivity contribution in [3.05, 3.63) is 76.5 Å². The van der Waals surface area contributed by atoms with Crippen LogP contribution in [0.5, 0.6) is 11.6 Å². The monoisotopic (exact) mass is 371 g/mol. The molecule has 7 nitrogen and oxygen atoms in total. The second-order valence-electron chi connectivity index (χ2n) is 6.61. The minimum atomic E-state index is -0.280. The first kappa shape index (κ1) is 17.5. The lowest BCUT2D eigenvalue weighted by Crippen LogP contribution is -2.15. The van der Waals surface area contributed by atoms with Gasteiger partial charge in [0.05, 0.1) is 29.0 Å². The largest absolute Gasteiger partial charge is 0.439 e. The number of fused-ring (bicyclic) bond motifs is 1. The van der Waals surface area contributed by atoms with Gasteiger partial charge >= 0.3 is 5.69 Å². The Hall–Kier alpha value is -3.92. The molecule has 0 fully saturated rings. The van der Waals surface area contributed by atoms with Crippen LogP contribution in [-0.2, 0) is 0 Å². The predicted octanol–water partition coefficient (Wildman–Crippen LogP) is 3.90. The fourth-order valence-corrected chi connectivity index (χ4v) is 3.05. The van der Waals surface area contributed by atoms with Crippen LogP contribution in [0, 0.1) is 11.3 Å². The molecule has 0 radical (unpaired) electrons. The summed E-state index contributed by atoms with van der Waals surface area (Å²) in [5, 5.41) is 9.23. The van der Waals surface area contributed by atoms with Gasteiger partial charge in [-0.15, -0.1) is 0 Å². The van der Waals surface area contributed by atoms with Gasteiger partial charge in [0.1, 0.15) is 5.75 Å². The zero-order valence-corrected chi connectivity index (χ0v) is 15.4. The number of nitrogens with zero attached hydrogens (tertiary/aromatic N) is 4. The number of nitriles is 1. The van der Waals surface area contributed by atoms with Crippen LogP contribution in [0.15, 0.2) is 59.7 Å². The van der Waals surface area contributed by atoms with Crippen molar-refractivity contribution in [1.82, 2.24) is 19.5 Å². The molecule has 0 saturated heterocycles. The highest BCUT2D eigenvalue weighted by atomic mass is 16.5. The first-order valence-corrected chi connectivity index (χ1v) is 8.81. The molecule has 0 aliphatic heterocycles. The van der Waals surface area contributed by atoms with Crippen LogP contribution in [0.25, 0.3) is 16.9 Å². The van der Waals surface area contributed by atoms with Gasteiger partial charge in [-0.25, -0.2) is 19.3 Å².